The average Bonchev–Trinajstić information content (AvgIpc) is 2.79. The van der Waals surface area contributed by atoms with Crippen molar-refractivity contribution < 1.29 is 18.0 Å². The number of alkyl halides is 3. The molecule has 1 aromatic heterocycles. The minimum Gasteiger partial charge on any atom is -0.326 e. The van der Waals surface area contributed by atoms with Gasteiger partial charge in [-0.25, -0.2) is 9.48 Å². The molecule has 0 saturated heterocycles. The highest BCUT2D eigenvalue weighted by molar-refractivity contribution is 5.88. The molecule has 0 spiro atoms. The van der Waals surface area contributed by atoms with E-state index in [0.29, 0.717) is 0 Å². The SMILES string of the molecule is Cc1ccc(-n2nc(NC(=O)N[C@@H](C)C(F)(F)F)cc2C)cc1. The molecule has 1 atom stereocenters. The quantitative estimate of drug-likeness (QED) is 0.906. The number of nitrogens with zero attached hydrogens (tertiary/aromatic N) is 2. The Morgan fingerprint density at radius 2 is 1.83 bits per heavy atom. The topological polar surface area (TPSA) is 59.0 Å². The third kappa shape index (κ3) is 4.24. The lowest BCUT2D eigenvalue weighted by Gasteiger charge is -2.16. The summed E-state index contributed by atoms with van der Waals surface area (Å²) in [5, 5.41) is 8.31. The molecule has 2 aromatic rings. The first-order valence-corrected chi connectivity index (χ1v) is 6.95. The Labute approximate surface area is 131 Å². The van der Waals surface area contributed by atoms with E-state index in [1.165, 1.54) is 0 Å². The van der Waals surface area contributed by atoms with Crippen LogP contribution in [0.5, 0.6) is 0 Å². The maximum atomic E-state index is 12.4. The predicted octanol–water partition coefficient (Wildman–Crippen LogP) is 3.56. The molecule has 0 aliphatic heterocycles. The Hall–Kier alpha value is -2.51. The molecule has 0 fully saturated rings. The number of rotatable bonds is 3. The molecule has 124 valence electrons. The van der Waals surface area contributed by atoms with E-state index in [-0.39, 0.29) is 5.82 Å². The highest BCUT2D eigenvalue weighted by atomic mass is 19.4. The fourth-order valence-electron chi connectivity index (χ4n) is 1.91. The number of urea groups is 1. The number of hydrogen-bond donors (Lipinski definition) is 2. The van der Waals surface area contributed by atoms with Crippen molar-refractivity contribution in [1.29, 1.82) is 0 Å². The molecule has 23 heavy (non-hydrogen) atoms. The molecule has 0 saturated carbocycles. The summed E-state index contributed by atoms with van der Waals surface area (Å²) in [5.74, 6) is 0.176. The molecule has 8 heteroatoms. The van der Waals surface area contributed by atoms with E-state index >= 15 is 0 Å². The van der Waals surface area contributed by atoms with Crippen LogP contribution in [0.2, 0.25) is 0 Å². The number of amides is 2. The van der Waals surface area contributed by atoms with Crippen LogP contribution in [0.3, 0.4) is 0 Å². The number of aromatic nitrogens is 2. The first-order valence-electron chi connectivity index (χ1n) is 6.95. The zero-order valence-electron chi connectivity index (χ0n) is 12.9. The van der Waals surface area contributed by atoms with Gasteiger partial charge in [0.25, 0.3) is 0 Å². The van der Waals surface area contributed by atoms with Gasteiger partial charge in [0, 0.05) is 11.8 Å². The molecule has 0 aliphatic rings. The van der Waals surface area contributed by atoms with E-state index in [1.54, 1.807) is 17.7 Å². The van der Waals surface area contributed by atoms with Gasteiger partial charge < -0.3 is 5.32 Å². The normalized spacial score (nSPS) is 12.8. The second kappa shape index (κ2) is 6.31. The lowest BCUT2D eigenvalue weighted by atomic mass is 10.2. The summed E-state index contributed by atoms with van der Waals surface area (Å²) < 4.78 is 38.8. The van der Waals surface area contributed by atoms with E-state index in [0.717, 1.165) is 23.9 Å². The summed E-state index contributed by atoms with van der Waals surface area (Å²) in [6, 6.07) is 6.25. The third-order valence-corrected chi connectivity index (χ3v) is 3.25. The number of nitrogens with one attached hydrogen (secondary N) is 2. The third-order valence-electron chi connectivity index (χ3n) is 3.25. The Morgan fingerprint density at radius 3 is 2.39 bits per heavy atom. The van der Waals surface area contributed by atoms with E-state index in [9.17, 15) is 18.0 Å². The predicted molar refractivity (Wildman–Crippen MR) is 80.7 cm³/mol. The van der Waals surface area contributed by atoms with Crippen molar-refractivity contribution in [3.63, 3.8) is 0 Å². The van der Waals surface area contributed by atoms with Crippen LogP contribution in [-0.4, -0.2) is 28.0 Å². The number of hydrogen-bond acceptors (Lipinski definition) is 2. The number of anilines is 1. The zero-order valence-corrected chi connectivity index (χ0v) is 12.9. The highest BCUT2D eigenvalue weighted by Gasteiger charge is 2.37. The number of aryl methyl sites for hydroxylation is 2. The summed E-state index contributed by atoms with van der Waals surface area (Å²) in [6.45, 7) is 4.61. The summed E-state index contributed by atoms with van der Waals surface area (Å²) >= 11 is 0. The van der Waals surface area contributed by atoms with Gasteiger partial charge in [-0.1, -0.05) is 17.7 Å². The molecule has 2 rings (SSSR count). The van der Waals surface area contributed by atoms with Gasteiger partial charge in [-0.3, -0.25) is 5.32 Å². The monoisotopic (exact) mass is 326 g/mol. The van der Waals surface area contributed by atoms with Crippen LogP contribution in [0.15, 0.2) is 30.3 Å². The van der Waals surface area contributed by atoms with E-state index < -0.39 is 18.2 Å². The Balaban J connectivity index is 2.09. The van der Waals surface area contributed by atoms with Crippen LogP contribution in [0, 0.1) is 13.8 Å². The van der Waals surface area contributed by atoms with Crippen LogP contribution in [0.1, 0.15) is 18.2 Å². The van der Waals surface area contributed by atoms with E-state index in [4.69, 9.17) is 0 Å². The molecule has 2 N–H and O–H groups in total. The molecular weight excluding hydrogens is 309 g/mol. The first-order chi connectivity index (χ1) is 10.7. The highest BCUT2D eigenvalue weighted by Crippen LogP contribution is 2.20. The molecule has 0 aliphatic carbocycles. The van der Waals surface area contributed by atoms with Gasteiger partial charge in [0.1, 0.15) is 6.04 Å². The maximum Gasteiger partial charge on any atom is 0.408 e. The van der Waals surface area contributed by atoms with Crippen LogP contribution < -0.4 is 10.6 Å². The van der Waals surface area contributed by atoms with Gasteiger partial charge >= 0.3 is 12.2 Å². The zero-order chi connectivity index (χ0) is 17.2. The van der Waals surface area contributed by atoms with Gasteiger partial charge in [-0.2, -0.15) is 13.2 Å². The fourth-order valence-corrected chi connectivity index (χ4v) is 1.91. The van der Waals surface area contributed by atoms with E-state index in [2.05, 4.69) is 10.4 Å². The number of halogens is 3. The van der Waals surface area contributed by atoms with Crippen molar-refractivity contribution >= 4 is 11.8 Å². The number of benzene rings is 1. The van der Waals surface area contributed by atoms with Crippen molar-refractivity contribution in [2.24, 2.45) is 0 Å². The van der Waals surface area contributed by atoms with Crippen molar-refractivity contribution in [2.45, 2.75) is 33.0 Å². The number of carbonyl (C=O) groups excluding carboxylic acids is 1. The molecule has 2 amide bonds. The summed E-state index contributed by atoms with van der Waals surface area (Å²) in [5.41, 5.74) is 2.63. The lowest BCUT2D eigenvalue weighted by molar-refractivity contribution is -0.148. The first kappa shape index (κ1) is 16.9. The summed E-state index contributed by atoms with van der Waals surface area (Å²) in [6.07, 6.45) is -4.49. The summed E-state index contributed by atoms with van der Waals surface area (Å²) in [7, 11) is 0. The van der Waals surface area contributed by atoms with Gasteiger partial charge in [-0.15, -0.1) is 5.10 Å². The van der Waals surface area contributed by atoms with Gasteiger partial charge in [0.2, 0.25) is 0 Å². The van der Waals surface area contributed by atoms with Crippen LogP contribution in [0.25, 0.3) is 5.69 Å². The Morgan fingerprint density at radius 1 is 1.22 bits per heavy atom. The molecule has 1 heterocycles. The van der Waals surface area contributed by atoms with Gasteiger partial charge in [0.05, 0.1) is 5.69 Å². The Kier molecular flexibility index (Phi) is 4.63. The largest absolute Gasteiger partial charge is 0.408 e. The maximum absolute atomic E-state index is 12.4. The molecular formula is C15H17F3N4O. The van der Waals surface area contributed by atoms with Crippen molar-refractivity contribution in [3.8, 4) is 5.69 Å². The van der Waals surface area contributed by atoms with Gasteiger partial charge in [0.15, 0.2) is 5.82 Å². The Bertz CT molecular complexity index is 692. The smallest absolute Gasteiger partial charge is 0.326 e. The van der Waals surface area contributed by atoms with E-state index in [1.807, 2.05) is 36.5 Å². The minimum atomic E-state index is -4.49. The molecule has 0 bridgehead atoms. The molecule has 5 nitrogen and oxygen atoms in total. The van der Waals surface area contributed by atoms with Gasteiger partial charge in [-0.05, 0) is 32.9 Å². The fraction of sp³-hybridized carbons (Fsp3) is 0.333. The molecule has 1 aromatic carbocycles. The number of carbonyl (C=O) groups is 1. The second-order valence-electron chi connectivity index (χ2n) is 5.28. The van der Waals surface area contributed by atoms with Crippen molar-refractivity contribution in [2.75, 3.05) is 5.32 Å². The van der Waals surface area contributed by atoms with Crippen LogP contribution >= 0.6 is 0 Å². The van der Waals surface area contributed by atoms with Crippen molar-refractivity contribution in [1.82, 2.24) is 15.1 Å². The lowest BCUT2D eigenvalue weighted by Crippen LogP contribution is -2.45. The second-order valence-corrected chi connectivity index (χ2v) is 5.28. The molecule has 0 radical (unpaired) electrons. The average molecular weight is 326 g/mol. The minimum absolute atomic E-state index is 0.176. The van der Waals surface area contributed by atoms with Crippen LogP contribution in [0.4, 0.5) is 23.8 Å². The summed E-state index contributed by atoms with van der Waals surface area (Å²) in [4.78, 5) is 11.6. The molecule has 0 unspecified atom stereocenters. The van der Waals surface area contributed by atoms with Crippen molar-refractivity contribution in [3.05, 3.63) is 41.6 Å². The van der Waals surface area contributed by atoms with Crippen LogP contribution in [-0.2, 0) is 0 Å². The standard InChI is InChI=1S/C15H17F3N4O/c1-9-4-6-12(7-5-9)22-10(2)8-13(21-22)20-14(23)19-11(3)15(16,17)18/h4-8,11H,1-3H3,(H2,19,20,21,23)/t11-/m0/s1.